The van der Waals surface area contributed by atoms with Crippen LogP contribution in [0.4, 0.5) is 23.7 Å². The van der Waals surface area contributed by atoms with Crippen molar-refractivity contribution >= 4 is 11.8 Å². The molecule has 94 valence electrons. The van der Waals surface area contributed by atoms with Gasteiger partial charge >= 0.3 is 12.3 Å². The normalized spacial score (nSPS) is 11.1. The summed E-state index contributed by atoms with van der Waals surface area (Å²) in [5.41, 5.74) is 1.38. The number of benzene rings is 1. The lowest BCUT2D eigenvalue weighted by Gasteiger charge is -2.09. The van der Waals surface area contributed by atoms with Crippen LogP contribution in [0.15, 0.2) is 24.3 Å². The molecule has 0 bridgehead atoms. The fraction of sp³-hybridized carbons (Fsp3) is 0.364. The number of hydrogen-bond acceptors (Lipinski definition) is 2. The molecule has 0 radical (unpaired) electrons. The molecule has 6 heteroatoms. The van der Waals surface area contributed by atoms with Crippen molar-refractivity contribution in [2.75, 3.05) is 11.9 Å². The Bertz CT molecular complexity index is 391. The molecule has 0 fully saturated rings. The number of alkyl halides is 3. The van der Waals surface area contributed by atoms with Crippen LogP contribution in [-0.2, 0) is 11.2 Å². The van der Waals surface area contributed by atoms with Gasteiger partial charge in [-0.3, -0.25) is 5.32 Å². The third kappa shape index (κ3) is 5.24. The zero-order chi connectivity index (χ0) is 12.9. The minimum absolute atomic E-state index is 0.413. The Hall–Kier alpha value is -1.72. The number of carbonyl (C=O) groups excluding carboxylic acids is 1. The third-order valence-electron chi connectivity index (χ3n) is 1.95. The Kier molecular flexibility index (Phi) is 4.37. The number of ether oxygens (including phenoxy) is 1. The average molecular weight is 247 g/mol. The van der Waals surface area contributed by atoms with Gasteiger partial charge in [-0.25, -0.2) is 4.79 Å². The lowest BCUT2D eigenvalue weighted by atomic mass is 10.1. The van der Waals surface area contributed by atoms with Crippen LogP contribution in [0.25, 0.3) is 0 Å². The van der Waals surface area contributed by atoms with Gasteiger partial charge in [0.05, 0.1) is 0 Å². The molecule has 1 rings (SSSR count). The molecule has 0 aliphatic heterocycles. The second kappa shape index (κ2) is 5.56. The van der Waals surface area contributed by atoms with Crippen LogP contribution in [0.5, 0.6) is 0 Å². The highest BCUT2D eigenvalue weighted by Gasteiger charge is 2.29. The monoisotopic (exact) mass is 247 g/mol. The molecule has 3 nitrogen and oxygen atoms in total. The first-order valence-electron chi connectivity index (χ1n) is 5.00. The molecule has 1 amide bonds. The van der Waals surface area contributed by atoms with Crippen LogP contribution in [0, 0.1) is 0 Å². The smallest absolute Gasteiger partial charge is 0.422 e. The van der Waals surface area contributed by atoms with Crippen molar-refractivity contribution in [3.8, 4) is 0 Å². The van der Waals surface area contributed by atoms with Gasteiger partial charge in [-0.1, -0.05) is 19.1 Å². The number of halogens is 3. The summed E-state index contributed by atoms with van der Waals surface area (Å²) in [6.45, 7) is 0.341. The van der Waals surface area contributed by atoms with E-state index >= 15 is 0 Å². The highest BCUT2D eigenvalue weighted by molar-refractivity contribution is 5.84. The van der Waals surface area contributed by atoms with Crippen molar-refractivity contribution in [2.45, 2.75) is 19.5 Å². The fourth-order valence-electron chi connectivity index (χ4n) is 1.17. The fourth-order valence-corrected chi connectivity index (χ4v) is 1.17. The zero-order valence-corrected chi connectivity index (χ0v) is 9.17. The van der Waals surface area contributed by atoms with Crippen molar-refractivity contribution in [3.05, 3.63) is 29.8 Å². The first-order chi connectivity index (χ1) is 7.90. The van der Waals surface area contributed by atoms with Gasteiger partial charge in [0.2, 0.25) is 0 Å². The topological polar surface area (TPSA) is 38.3 Å². The molecule has 0 atom stereocenters. The van der Waals surface area contributed by atoms with Gasteiger partial charge in [-0.15, -0.1) is 0 Å². The molecule has 17 heavy (non-hydrogen) atoms. The Balaban J connectivity index is 2.50. The van der Waals surface area contributed by atoms with Crippen molar-refractivity contribution in [2.24, 2.45) is 0 Å². The van der Waals surface area contributed by atoms with Crippen LogP contribution in [-0.4, -0.2) is 18.9 Å². The molecule has 1 N–H and O–H groups in total. The zero-order valence-electron chi connectivity index (χ0n) is 9.17. The summed E-state index contributed by atoms with van der Waals surface area (Å²) in [5, 5.41) is 2.23. The molecule has 0 spiro atoms. The van der Waals surface area contributed by atoms with Crippen molar-refractivity contribution in [3.63, 3.8) is 0 Å². The van der Waals surface area contributed by atoms with Gasteiger partial charge in [0, 0.05) is 5.69 Å². The van der Waals surface area contributed by atoms with E-state index < -0.39 is 18.9 Å². The second-order valence-electron chi connectivity index (χ2n) is 3.37. The van der Waals surface area contributed by atoms with Gasteiger partial charge < -0.3 is 4.74 Å². The summed E-state index contributed by atoms with van der Waals surface area (Å²) in [7, 11) is 0. The maximum Gasteiger partial charge on any atom is 0.422 e. The third-order valence-corrected chi connectivity index (χ3v) is 1.95. The highest BCUT2D eigenvalue weighted by Crippen LogP contribution is 2.15. The minimum atomic E-state index is -4.51. The first kappa shape index (κ1) is 13.3. The van der Waals surface area contributed by atoms with E-state index in [1.165, 1.54) is 0 Å². The van der Waals surface area contributed by atoms with Gasteiger partial charge in [0.15, 0.2) is 6.61 Å². The summed E-state index contributed by atoms with van der Waals surface area (Å²) in [4.78, 5) is 11.0. The SMILES string of the molecule is CCc1cccc(NC(=O)OCC(F)(F)F)c1. The maximum atomic E-state index is 11.8. The van der Waals surface area contributed by atoms with Crippen molar-refractivity contribution < 1.29 is 22.7 Å². The quantitative estimate of drug-likeness (QED) is 0.889. The van der Waals surface area contributed by atoms with E-state index in [1.54, 1.807) is 18.2 Å². The Morgan fingerprint density at radius 2 is 2.12 bits per heavy atom. The van der Waals surface area contributed by atoms with Gasteiger partial charge in [-0.05, 0) is 24.1 Å². The van der Waals surface area contributed by atoms with E-state index in [4.69, 9.17) is 0 Å². The minimum Gasteiger partial charge on any atom is -0.440 e. The standard InChI is InChI=1S/C11H12F3NO2/c1-2-8-4-3-5-9(6-8)15-10(16)17-7-11(12,13)14/h3-6H,2,7H2,1H3,(H,15,16). The number of rotatable bonds is 3. The molecule has 0 aromatic heterocycles. The Labute approximate surface area is 96.6 Å². The molecule has 0 aliphatic carbocycles. The molecule has 1 aromatic carbocycles. The van der Waals surface area contributed by atoms with E-state index in [0.29, 0.717) is 5.69 Å². The maximum absolute atomic E-state index is 11.8. The molecule has 0 saturated heterocycles. The summed E-state index contributed by atoms with van der Waals surface area (Å²) >= 11 is 0. The van der Waals surface area contributed by atoms with Gasteiger partial charge in [0.25, 0.3) is 0 Å². The first-order valence-corrected chi connectivity index (χ1v) is 5.00. The largest absolute Gasteiger partial charge is 0.440 e. The molecule has 1 aromatic rings. The predicted octanol–water partition coefficient (Wildman–Crippen LogP) is 3.36. The molecule has 0 saturated carbocycles. The molecule has 0 aliphatic rings. The van der Waals surface area contributed by atoms with Crippen molar-refractivity contribution in [1.82, 2.24) is 0 Å². The average Bonchev–Trinajstić information content (AvgIpc) is 2.26. The van der Waals surface area contributed by atoms with Gasteiger partial charge in [-0.2, -0.15) is 13.2 Å². The summed E-state index contributed by atoms with van der Waals surface area (Å²) < 4.78 is 39.3. The van der Waals surface area contributed by atoms with Crippen LogP contribution >= 0.6 is 0 Å². The highest BCUT2D eigenvalue weighted by atomic mass is 19.4. The van der Waals surface area contributed by atoms with E-state index in [1.807, 2.05) is 13.0 Å². The number of carbonyl (C=O) groups is 1. The van der Waals surface area contributed by atoms with E-state index in [0.717, 1.165) is 12.0 Å². The van der Waals surface area contributed by atoms with Gasteiger partial charge in [0.1, 0.15) is 0 Å². The van der Waals surface area contributed by atoms with Crippen LogP contribution in [0.1, 0.15) is 12.5 Å². The lowest BCUT2D eigenvalue weighted by molar-refractivity contribution is -0.159. The number of anilines is 1. The van der Waals surface area contributed by atoms with Crippen LogP contribution < -0.4 is 5.32 Å². The van der Waals surface area contributed by atoms with Crippen LogP contribution in [0.3, 0.4) is 0 Å². The Morgan fingerprint density at radius 3 is 2.71 bits per heavy atom. The van der Waals surface area contributed by atoms with E-state index in [-0.39, 0.29) is 0 Å². The number of amides is 1. The molecular formula is C11H12F3NO2. The molecule has 0 heterocycles. The van der Waals surface area contributed by atoms with E-state index in [2.05, 4.69) is 10.1 Å². The van der Waals surface area contributed by atoms with E-state index in [9.17, 15) is 18.0 Å². The lowest BCUT2D eigenvalue weighted by Crippen LogP contribution is -2.23. The van der Waals surface area contributed by atoms with Crippen LogP contribution in [0.2, 0.25) is 0 Å². The summed E-state index contributed by atoms with van der Waals surface area (Å²) in [6, 6.07) is 6.81. The number of nitrogens with one attached hydrogen (secondary N) is 1. The molecule has 0 unspecified atom stereocenters. The summed E-state index contributed by atoms with van der Waals surface area (Å²) in [6.07, 6.45) is -4.86. The van der Waals surface area contributed by atoms with Crippen molar-refractivity contribution in [1.29, 1.82) is 0 Å². The predicted molar refractivity (Wildman–Crippen MR) is 56.8 cm³/mol. The summed E-state index contributed by atoms with van der Waals surface area (Å²) in [5.74, 6) is 0. The number of hydrogen-bond donors (Lipinski definition) is 1. The Morgan fingerprint density at radius 1 is 1.41 bits per heavy atom. The molecular weight excluding hydrogens is 235 g/mol. The number of aryl methyl sites for hydroxylation is 1. The second-order valence-corrected chi connectivity index (χ2v) is 3.37.